The molecule has 0 bridgehead atoms. The predicted octanol–water partition coefficient (Wildman–Crippen LogP) is 3.83. The lowest BCUT2D eigenvalue weighted by Crippen LogP contribution is -2.32. The molecule has 0 spiro atoms. The molecule has 0 atom stereocenters. The van der Waals surface area contributed by atoms with Crippen molar-refractivity contribution in [3.63, 3.8) is 0 Å². The summed E-state index contributed by atoms with van der Waals surface area (Å²) in [5, 5.41) is 12.3. The van der Waals surface area contributed by atoms with Gasteiger partial charge in [0.2, 0.25) is 5.91 Å². The molecule has 0 fully saturated rings. The quantitative estimate of drug-likeness (QED) is 0.409. The number of esters is 1. The second-order valence-electron chi connectivity index (χ2n) is 8.42. The molecule has 0 saturated heterocycles. The SMILES string of the molecule is CCOC(=O)c1ccccc1NC(=O)Cn1nc(C(C)C)c2cnn(-c3ccccc3C)c2c1=O. The maximum Gasteiger partial charge on any atom is 0.340 e. The molecule has 180 valence electrons. The van der Waals surface area contributed by atoms with Gasteiger partial charge in [0, 0.05) is 5.39 Å². The van der Waals surface area contributed by atoms with Crippen molar-refractivity contribution < 1.29 is 14.3 Å². The third kappa shape index (κ3) is 4.70. The van der Waals surface area contributed by atoms with Gasteiger partial charge in [-0.1, -0.05) is 44.2 Å². The van der Waals surface area contributed by atoms with Gasteiger partial charge in [-0.25, -0.2) is 14.2 Å². The van der Waals surface area contributed by atoms with Gasteiger partial charge in [-0.05, 0) is 43.5 Å². The minimum absolute atomic E-state index is 0.00790. The lowest BCUT2D eigenvalue weighted by Gasteiger charge is -2.14. The van der Waals surface area contributed by atoms with Crippen molar-refractivity contribution in [2.24, 2.45) is 0 Å². The van der Waals surface area contributed by atoms with E-state index in [1.807, 2.05) is 45.0 Å². The maximum absolute atomic E-state index is 13.5. The number of anilines is 1. The molecule has 1 N–H and O–H groups in total. The summed E-state index contributed by atoms with van der Waals surface area (Å²) in [5.41, 5.74) is 2.87. The fourth-order valence-corrected chi connectivity index (χ4v) is 3.92. The minimum Gasteiger partial charge on any atom is -0.462 e. The van der Waals surface area contributed by atoms with Gasteiger partial charge < -0.3 is 10.1 Å². The molecule has 0 aliphatic rings. The number of carbonyl (C=O) groups is 2. The Bertz CT molecular complexity index is 1470. The van der Waals surface area contributed by atoms with Crippen LogP contribution in [0.1, 0.15) is 48.3 Å². The van der Waals surface area contributed by atoms with Crippen LogP contribution in [-0.4, -0.2) is 38.0 Å². The number of amides is 1. The first-order valence-electron chi connectivity index (χ1n) is 11.4. The average Bonchev–Trinajstić information content (AvgIpc) is 3.26. The van der Waals surface area contributed by atoms with Gasteiger partial charge in [-0.15, -0.1) is 0 Å². The number of para-hydroxylation sites is 2. The van der Waals surface area contributed by atoms with E-state index in [1.54, 1.807) is 42.1 Å². The van der Waals surface area contributed by atoms with Gasteiger partial charge in [-0.2, -0.15) is 10.2 Å². The van der Waals surface area contributed by atoms with Gasteiger partial charge in [0.1, 0.15) is 12.1 Å². The van der Waals surface area contributed by atoms with Crippen molar-refractivity contribution in [2.45, 2.75) is 40.2 Å². The normalized spacial score (nSPS) is 11.1. The molecule has 4 aromatic rings. The second kappa shape index (κ2) is 9.92. The number of ether oxygens (including phenoxy) is 1. The molecule has 2 aromatic heterocycles. The van der Waals surface area contributed by atoms with Crippen molar-refractivity contribution in [3.8, 4) is 5.69 Å². The number of hydrogen-bond acceptors (Lipinski definition) is 6. The summed E-state index contributed by atoms with van der Waals surface area (Å²) in [7, 11) is 0. The van der Waals surface area contributed by atoms with E-state index < -0.39 is 17.4 Å². The van der Waals surface area contributed by atoms with Crippen LogP contribution < -0.4 is 10.9 Å². The summed E-state index contributed by atoms with van der Waals surface area (Å²) < 4.78 is 7.82. The molecular formula is C26H27N5O4. The lowest BCUT2D eigenvalue weighted by atomic mass is 10.1. The molecular weight excluding hydrogens is 446 g/mol. The Morgan fingerprint density at radius 3 is 2.51 bits per heavy atom. The summed E-state index contributed by atoms with van der Waals surface area (Å²) in [6.45, 7) is 7.48. The third-order valence-corrected chi connectivity index (χ3v) is 5.59. The van der Waals surface area contributed by atoms with Crippen LogP contribution in [0.25, 0.3) is 16.6 Å². The first kappa shape index (κ1) is 23.9. The van der Waals surface area contributed by atoms with E-state index in [2.05, 4.69) is 15.5 Å². The Hall–Kier alpha value is -4.27. The van der Waals surface area contributed by atoms with E-state index in [0.717, 1.165) is 15.9 Å². The highest BCUT2D eigenvalue weighted by Gasteiger charge is 2.21. The second-order valence-corrected chi connectivity index (χ2v) is 8.42. The number of carbonyl (C=O) groups excluding carboxylic acids is 2. The van der Waals surface area contributed by atoms with E-state index in [0.29, 0.717) is 22.3 Å². The Kier molecular flexibility index (Phi) is 6.77. The van der Waals surface area contributed by atoms with Crippen molar-refractivity contribution in [3.05, 3.63) is 81.9 Å². The highest BCUT2D eigenvalue weighted by atomic mass is 16.5. The number of aromatic nitrogens is 4. The Morgan fingerprint density at radius 2 is 1.80 bits per heavy atom. The zero-order chi connectivity index (χ0) is 25.1. The molecule has 35 heavy (non-hydrogen) atoms. The smallest absolute Gasteiger partial charge is 0.340 e. The van der Waals surface area contributed by atoms with Crippen LogP contribution in [0.3, 0.4) is 0 Å². The van der Waals surface area contributed by atoms with Crippen LogP contribution >= 0.6 is 0 Å². The zero-order valence-corrected chi connectivity index (χ0v) is 20.1. The summed E-state index contributed by atoms with van der Waals surface area (Å²) in [6, 6.07) is 14.2. The summed E-state index contributed by atoms with van der Waals surface area (Å²) >= 11 is 0. The van der Waals surface area contributed by atoms with Crippen LogP contribution in [0.5, 0.6) is 0 Å². The molecule has 0 radical (unpaired) electrons. The van der Waals surface area contributed by atoms with Crippen molar-refractivity contribution in [2.75, 3.05) is 11.9 Å². The van der Waals surface area contributed by atoms with E-state index in [9.17, 15) is 14.4 Å². The standard InChI is InChI=1S/C26H27N5O4/c1-5-35-26(34)18-11-7-8-12-20(18)28-22(32)15-30-25(33)24-19(23(29-30)16(2)3)14-27-31(24)21-13-9-6-10-17(21)4/h6-14,16H,5,15H2,1-4H3,(H,28,32). The molecule has 0 unspecified atom stereocenters. The highest BCUT2D eigenvalue weighted by molar-refractivity contribution is 6.01. The molecule has 0 aliphatic carbocycles. The number of fused-ring (bicyclic) bond motifs is 1. The molecule has 9 heteroatoms. The maximum atomic E-state index is 13.5. The molecule has 2 aromatic carbocycles. The van der Waals surface area contributed by atoms with Crippen molar-refractivity contribution >= 4 is 28.5 Å². The first-order chi connectivity index (χ1) is 16.8. The van der Waals surface area contributed by atoms with E-state index in [1.165, 1.54) is 0 Å². The Labute approximate surface area is 202 Å². The van der Waals surface area contributed by atoms with Crippen LogP contribution in [-0.2, 0) is 16.1 Å². The molecule has 4 rings (SSSR count). The van der Waals surface area contributed by atoms with Crippen molar-refractivity contribution in [1.82, 2.24) is 19.6 Å². The van der Waals surface area contributed by atoms with Crippen molar-refractivity contribution in [1.29, 1.82) is 0 Å². The number of benzene rings is 2. The van der Waals surface area contributed by atoms with Crippen LogP contribution in [0.15, 0.2) is 59.5 Å². The predicted molar refractivity (Wildman–Crippen MR) is 133 cm³/mol. The molecule has 1 amide bonds. The monoisotopic (exact) mass is 473 g/mol. The topological polar surface area (TPSA) is 108 Å². The van der Waals surface area contributed by atoms with Gasteiger partial charge >= 0.3 is 5.97 Å². The largest absolute Gasteiger partial charge is 0.462 e. The molecule has 2 heterocycles. The van der Waals surface area contributed by atoms with Crippen LogP contribution in [0, 0.1) is 6.92 Å². The number of aryl methyl sites for hydroxylation is 1. The fraction of sp³-hybridized carbons (Fsp3) is 0.269. The van der Waals surface area contributed by atoms with Gasteiger partial charge in [0.15, 0.2) is 0 Å². The molecule has 9 nitrogen and oxygen atoms in total. The van der Waals surface area contributed by atoms with E-state index in [-0.39, 0.29) is 24.6 Å². The third-order valence-electron chi connectivity index (χ3n) is 5.59. The summed E-state index contributed by atoms with van der Waals surface area (Å²) in [5.74, 6) is -1.04. The highest BCUT2D eigenvalue weighted by Crippen LogP contribution is 2.24. The van der Waals surface area contributed by atoms with Gasteiger partial charge in [0.05, 0.1) is 35.4 Å². The molecule has 0 saturated carbocycles. The number of nitrogens with zero attached hydrogens (tertiary/aromatic N) is 4. The van der Waals surface area contributed by atoms with E-state index >= 15 is 0 Å². The van der Waals surface area contributed by atoms with Crippen LogP contribution in [0.4, 0.5) is 5.69 Å². The summed E-state index contributed by atoms with van der Waals surface area (Å²) in [6.07, 6.45) is 1.64. The Morgan fingerprint density at radius 1 is 1.09 bits per heavy atom. The fourth-order valence-electron chi connectivity index (χ4n) is 3.92. The zero-order valence-electron chi connectivity index (χ0n) is 20.1. The number of hydrogen-bond donors (Lipinski definition) is 1. The average molecular weight is 474 g/mol. The van der Waals surface area contributed by atoms with Gasteiger partial charge in [0.25, 0.3) is 5.56 Å². The van der Waals surface area contributed by atoms with E-state index in [4.69, 9.17) is 4.74 Å². The lowest BCUT2D eigenvalue weighted by molar-refractivity contribution is -0.117. The minimum atomic E-state index is -0.538. The number of rotatable bonds is 7. The number of nitrogens with one attached hydrogen (secondary N) is 1. The van der Waals surface area contributed by atoms with Gasteiger partial charge in [-0.3, -0.25) is 9.59 Å². The molecule has 0 aliphatic heterocycles. The first-order valence-corrected chi connectivity index (χ1v) is 11.4. The Balaban J connectivity index is 1.74. The summed E-state index contributed by atoms with van der Waals surface area (Å²) in [4.78, 5) is 38.7. The van der Waals surface area contributed by atoms with Crippen LogP contribution in [0.2, 0.25) is 0 Å².